The lowest BCUT2D eigenvalue weighted by atomic mass is 9.95. The van der Waals surface area contributed by atoms with Gasteiger partial charge in [0.25, 0.3) is 5.91 Å². The Bertz CT molecular complexity index is 937. The first kappa shape index (κ1) is 20.5. The SMILES string of the molecule is CC(C)C(OC(=O)c1nn(-c2ccc(F)cc2)c2c1CCCC2)C(=O)NC(N)=O. The molecule has 29 heavy (non-hydrogen) atoms. The maximum atomic E-state index is 13.3. The number of ether oxygens (including phenoxy) is 1. The zero-order valence-corrected chi connectivity index (χ0v) is 16.3. The molecule has 0 bridgehead atoms. The van der Waals surface area contributed by atoms with Crippen molar-refractivity contribution in [3.8, 4) is 5.69 Å². The number of nitrogens with two attached hydrogens (primary N) is 1. The number of hydrogen-bond acceptors (Lipinski definition) is 5. The maximum Gasteiger partial charge on any atom is 0.359 e. The molecular formula is C20H23FN4O4. The number of primary amides is 1. The lowest BCUT2D eigenvalue weighted by Crippen LogP contribution is -2.45. The summed E-state index contributed by atoms with van der Waals surface area (Å²) in [5.74, 6) is -2.28. The number of urea groups is 1. The summed E-state index contributed by atoms with van der Waals surface area (Å²) in [5.41, 5.74) is 7.39. The normalized spacial score (nSPS) is 14.2. The monoisotopic (exact) mass is 402 g/mol. The number of rotatable bonds is 5. The molecule has 1 aliphatic rings. The first-order valence-electron chi connectivity index (χ1n) is 9.46. The van der Waals surface area contributed by atoms with Gasteiger partial charge in [-0.3, -0.25) is 10.1 Å². The zero-order valence-electron chi connectivity index (χ0n) is 16.3. The topological polar surface area (TPSA) is 116 Å². The van der Waals surface area contributed by atoms with Crippen LogP contribution in [0.2, 0.25) is 0 Å². The summed E-state index contributed by atoms with van der Waals surface area (Å²) in [7, 11) is 0. The van der Waals surface area contributed by atoms with E-state index in [1.54, 1.807) is 30.7 Å². The summed E-state index contributed by atoms with van der Waals surface area (Å²) in [6.07, 6.45) is 2.04. The minimum atomic E-state index is -1.19. The van der Waals surface area contributed by atoms with Crippen molar-refractivity contribution in [2.24, 2.45) is 11.7 Å². The molecule has 8 nitrogen and oxygen atoms in total. The molecule has 0 fully saturated rings. The Morgan fingerprint density at radius 3 is 2.45 bits per heavy atom. The van der Waals surface area contributed by atoms with Gasteiger partial charge in [0.15, 0.2) is 11.8 Å². The molecule has 3 amide bonds. The highest BCUT2D eigenvalue weighted by molar-refractivity contribution is 5.98. The van der Waals surface area contributed by atoms with Gasteiger partial charge in [-0.15, -0.1) is 0 Å². The summed E-state index contributed by atoms with van der Waals surface area (Å²) in [6, 6.07) is 4.81. The molecule has 1 aromatic heterocycles. The van der Waals surface area contributed by atoms with Gasteiger partial charge in [-0.1, -0.05) is 13.8 Å². The van der Waals surface area contributed by atoms with E-state index in [9.17, 15) is 18.8 Å². The van der Waals surface area contributed by atoms with Gasteiger partial charge >= 0.3 is 12.0 Å². The van der Waals surface area contributed by atoms with Gasteiger partial charge < -0.3 is 10.5 Å². The Labute approximate surface area is 167 Å². The summed E-state index contributed by atoms with van der Waals surface area (Å²) < 4.78 is 20.3. The molecule has 0 saturated carbocycles. The molecule has 1 aliphatic carbocycles. The fourth-order valence-electron chi connectivity index (χ4n) is 3.41. The van der Waals surface area contributed by atoms with E-state index in [1.807, 2.05) is 5.32 Å². The highest BCUT2D eigenvalue weighted by Gasteiger charge is 2.32. The number of halogens is 1. The third kappa shape index (κ3) is 4.44. The van der Waals surface area contributed by atoms with Crippen LogP contribution < -0.4 is 11.1 Å². The number of benzene rings is 1. The number of carbonyl (C=O) groups is 3. The van der Waals surface area contributed by atoms with E-state index >= 15 is 0 Å². The van der Waals surface area contributed by atoms with Gasteiger partial charge in [0.2, 0.25) is 0 Å². The van der Waals surface area contributed by atoms with Crippen LogP contribution in [0.4, 0.5) is 9.18 Å². The number of amides is 3. The van der Waals surface area contributed by atoms with E-state index in [0.29, 0.717) is 12.1 Å². The van der Waals surface area contributed by atoms with Crippen LogP contribution in [0.25, 0.3) is 5.69 Å². The molecule has 154 valence electrons. The number of nitrogens with zero attached hydrogens (tertiary/aromatic N) is 2. The third-order valence-corrected chi connectivity index (χ3v) is 4.79. The molecule has 1 unspecified atom stereocenters. The van der Waals surface area contributed by atoms with Crippen molar-refractivity contribution in [1.82, 2.24) is 15.1 Å². The average Bonchev–Trinajstić information content (AvgIpc) is 3.05. The van der Waals surface area contributed by atoms with Crippen LogP contribution in [0, 0.1) is 11.7 Å². The number of nitrogens with one attached hydrogen (secondary N) is 1. The van der Waals surface area contributed by atoms with E-state index in [0.717, 1.165) is 30.5 Å². The van der Waals surface area contributed by atoms with Gasteiger partial charge in [0.1, 0.15) is 5.82 Å². The number of hydrogen-bond donors (Lipinski definition) is 2. The minimum absolute atomic E-state index is 0.126. The first-order chi connectivity index (χ1) is 13.8. The molecule has 3 rings (SSSR count). The highest BCUT2D eigenvalue weighted by Crippen LogP contribution is 2.28. The highest BCUT2D eigenvalue weighted by atomic mass is 19.1. The number of carbonyl (C=O) groups excluding carboxylic acids is 3. The molecule has 0 aliphatic heterocycles. The van der Waals surface area contributed by atoms with Gasteiger partial charge in [0.05, 0.1) is 5.69 Å². The van der Waals surface area contributed by atoms with Gasteiger partial charge in [0, 0.05) is 11.3 Å². The van der Waals surface area contributed by atoms with E-state index in [2.05, 4.69) is 5.10 Å². The number of imide groups is 1. The molecule has 1 atom stereocenters. The van der Waals surface area contributed by atoms with Crippen molar-refractivity contribution in [2.75, 3.05) is 0 Å². The summed E-state index contributed by atoms with van der Waals surface area (Å²) >= 11 is 0. The Morgan fingerprint density at radius 2 is 1.83 bits per heavy atom. The maximum absolute atomic E-state index is 13.3. The van der Waals surface area contributed by atoms with Gasteiger partial charge in [-0.2, -0.15) is 5.10 Å². The average molecular weight is 402 g/mol. The molecule has 1 heterocycles. The smallest absolute Gasteiger partial charge is 0.359 e. The van der Waals surface area contributed by atoms with Crippen molar-refractivity contribution >= 4 is 17.9 Å². The first-order valence-corrected chi connectivity index (χ1v) is 9.46. The van der Waals surface area contributed by atoms with Crippen LogP contribution in [-0.4, -0.2) is 33.8 Å². The second-order valence-electron chi connectivity index (χ2n) is 7.29. The molecule has 0 saturated heterocycles. The van der Waals surface area contributed by atoms with Crippen molar-refractivity contribution in [2.45, 2.75) is 45.6 Å². The number of aromatic nitrogens is 2. The summed E-state index contributed by atoms with van der Waals surface area (Å²) in [5, 5.41) is 6.36. The van der Waals surface area contributed by atoms with E-state index in [-0.39, 0.29) is 17.4 Å². The molecule has 2 aromatic rings. The summed E-state index contributed by atoms with van der Waals surface area (Å²) in [4.78, 5) is 36.0. The standard InChI is InChI=1S/C20H23FN4O4/c1-11(2)17(18(26)23-20(22)28)29-19(27)16-14-5-3-4-6-15(14)25(24-16)13-9-7-12(21)8-10-13/h7-11,17H,3-6H2,1-2H3,(H3,22,23,26,28). The Hall–Kier alpha value is -3.23. The Balaban J connectivity index is 1.93. The largest absolute Gasteiger partial charge is 0.447 e. The van der Waals surface area contributed by atoms with E-state index in [1.165, 1.54) is 12.1 Å². The van der Waals surface area contributed by atoms with E-state index < -0.39 is 24.0 Å². The lowest BCUT2D eigenvalue weighted by molar-refractivity contribution is -0.130. The van der Waals surface area contributed by atoms with Crippen molar-refractivity contribution in [3.63, 3.8) is 0 Å². The fraction of sp³-hybridized carbons (Fsp3) is 0.400. The molecule has 0 radical (unpaired) electrons. The molecule has 3 N–H and O–H groups in total. The molecular weight excluding hydrogens is 379 g/mol. The van der Waals surface area contributed by atoms with Crippen molar-refractivity contribution < 1.29 is 23.5 Å². The van der Waals surface area contributed by atoms with Crippen molar-refractivity contribution in [3.05, 3.63) is 47.0 Å². The van der Waals surface area contributed by atoms with Crippen LogP contribution in [0.15, 0.2) is 24.3 Å². The van der Waals surface area contributed by atoms with Crippen LogP contribution in [0.3, 0.4) is 0 Å². The zero-order chi connectivity index (χ0) is 21.1. The predicted molar refractivity (Wildman–Crippen MR) is 102 cm³/mol. The fourth-order valence-corrected chi connectivity index (χ4v) is 3.41. The van der Waals surface area contributed by atoms with Crippen molar-refractivity contribution in [1.29, 1.82) is 0 Å². The second-order valence-corrected chi connectivity index (χ2v) is 7.29. The molecule has 0 spiro atoms. The van der Waals surface area contributed by atoms with Gasteiger partial charge in [-0.05, 0) is 55.9 Å². The third-order valence-electron chi connectivity index (χ3n) is 4.79. The van der Waals surface area contributed by atoms with Crippen LogP contribution >= 0.6 is 0 Å². The van der Waals surface area contributed by atoms with Crippen LogP contribution in [-0.2, 0) is 22.4 Å². The molecule has 9 heteroatoms. The Morgan fingerprint density at radius 1 is 1.17 bits per heavy atom. The Kier molecular flexibility index (Phi) is 5.95. The van der Waals surface area contributed by atoms with E-state index in [4.69, 9.17) is 10.5 Å². The van der Waals surface area contributed by atoms with Crippen LogP contribution in [0.5, 0.6) is 0 Å². The predicted octanol–water partition coefficient (Wildman–Crippen LogP) is 2.27. The second kappa shape index (κ2) is 8.42. The van der Waals surface area contributed by atoms with Crippen LogP contribution in [0.1, 0.15) is 48.4 Å². The number of fused-ring (bicyclic) bond motifs is 1. The number of esters is 1. The minimum Gasteiger partial charge on any atom is -0.447 e. The molecule has 1 aromatic carbocycles. The quantitative estimate of drug-likeness (QED) is 0.744. The summed E-state index contributed by atoms with van der Waals surface area (Å²) in [6.45, 7) is 3.37. The van der Waals surface area contributed by atoms with Gasteiger partial charge in [-0.25, -0.2) is 18.7 Å². The lowest BCUT2D eigenvalue weighted by Gasteiger charge is -2.19.